The molecule has 1 aliphatic rings. The second kappa shape index (κ2) is 4.70. The van der Waals surface area contributed by atoms with E-state index in [2.05, 4.69) is 17.6 Å². The minimum atomic E-state index is 0.128. The van der Waals surface area contributed by atoms with Crippen LogP contribution in [0.1, 0.15) is 12.5 Å². The zero-order valence-corrected chi connectivity index (χ0v) is 9.86. The second-order valence-corrected chi connectivity index (χ2v) is 4.65. The third kappa shape index (κ3) is 2.44. The number of aromatic nitrogens is 1. The van der Waals surface area contributed by atoms with Gasteiger partial charge in [-0.2, -0.15) is 0 Å². The first-order valence-electron chi connectivity index (χ1n) is 5.76. The van der Waals surface area contributed by atoms with E-state index in [1.807, 2.05) is 30.1 Å². The minimum absolute atomic E-state index is 0.128. The predicted octanol–water partition coefficient (Wildman–Crippen LogP) is 0.497. The van der Waals surface area contributed by atoms with Gasteiger partial charge in [0.2, 0.25) is 5.91 Å². The van der Waals surface area contributed by atoms with Crippen molar-refractivity contribution in [2.24, 2.45) is 18.9 Å². The maximum atomic E-state index is 11.9. The first kappa shape index (κ1) is 11.2. The Morgan fingerprint density at radius 3 is 3.00 bits per heavy atom. The van der Waals surface area contributed by atoms with Crippen molar-refractivity contribution in [1.82, 2.24) is 15.2 Å². The number of carbonyl (C=O) groups excluding carboxylic acids is 1. The SMILES string of the molecule is C[C@@H]1CNC[C@H]1C(=O)NCc1ccn(C)c1. The summed E-state index contributed by atoms with van der Waals surface area (Å²) < 4.78 is 1.99. The second-order valence-electron chi connectivity index (χ2n) is 4.65. The van der Waals surface area contributed by atoms with E-state index in [4.69, 9.17) is 0 Å². The van der Waals surface area contributed by atoms with Crippen molar-refractivity contribution >= 4 is 5.91 Å². The van der Waals surface area contributed by atoms with Crippen molar-refractivity contribution in [1.29, 1.82) is 0 Å². The highest BCUT2D eigenvalue weighted by Gasteiger charge is 2.29. The van der Waals surface area contributed by atoms with Gasteiger partial charge in [0.1, 0.15) is 0 Å². The zero-order valence-electron chi connectivity index (χ0n) is 9.86. The largest absolute Gasteiger partial charge is 0.357 e. The molecule has 16 heavy (non-hydrogen) atoms. The summed E-state index contributed by atoms with van der Waals surface area (Å²) in [6, 6.07) is 2.02. The Kier molecular flexibility index (Phi) is 3.29. The Labute approximate surface area is 96.0 Å². The molecule has 1 aromatic heterocycles. The van der Waals surface area contributed by atoms with E-state index < -0.39 is 0 Å². The molecule has 1 aliphatic heterocycles. The molecule has 0 aromatic carbocycles. The van der Waals surface area contributed by atoms with Gasteiger partial charge < -0.3 is 15.2 Å². The smallest absolute Gasteiger partial charge is 0.224 e. The summed E-state index contributed by atoms with van der Waals surface area (Å²) in [4.78, 5) is 11.9. The average molecular weight is 221 g/mol. The van der Waals surface area contributed by atoms with Crippen LogP contribution in [-0.2, 0) is 18.4 Å². The fourth-order valence-corrected chi connectivity index (χ4v) is 2.15. The molecular weight excluding hydrogens is 202 g/mol. The molecule has 1 fully saturated rings. The maximum Gasteiger partial charge on any atom is 0.224 e. The summed E-state index contributed by atoms with van der Waals surface area (Å²) in [7, 11) is 1.98. The molecule has 2 heterocycles. The number of carbonyl (C=O) groups is 1. The van der Waals surface area contributed by atoms with Gasteiger partial charge in [0, 0.05) is 32.5 Å². The van der Waals surface area contributed by atoms with Gasteiger partial charge >= 0.3 is 0 Å². The topological polar surface area (TPSA) is 46.1 Å². The Morgan fingerprint density at radius 2 is 2.44 bits per heavy atom. The fourth-order valence-electron chi connectivity index (χ4n) is 2.15. The van der Waals surface area contributed by atoms with Crippen LogP contribution in [0.2, 0.25) is 0 Å². The van der Waals surface area contributed by atoms with Crippen LogP contribution in [0.15, 0.2) is 18.5 Å². The van der Waals surface area contributed by atoms with Gasteiger partial charge in [-0.25, -0.2) is 0 Å². The maximum absolute atomic E-state index is 11.9. The molecule has 1 amide bonds. The molecule has 0 saturated carbocycles. The predicted molar refractivity (Wildman–Crippen MR) is 62.8 cm³/mol. The van der Waals surface area contributed by atoms with Crippen molar-refractivity contribution in [2.75, 3.05) is 13.1 Å². The van der Waals surface area contributed by atoms with Crippen molar-refractivity contribution in [3.8, 4) is 0 Å². The van der Waals surface area contributed by atoms with Gasteiger partial charge in [-0.15, -0.1) is 0 Å². The summed E-state index contributed by atoms with van der Waals surface area (Å²) >= 11 is 0. The average Bonchev–Trinajstić information content (AvgIpc) is 2.84. The van der Waals surface area contributed by atoms with E-state index in [0.717, 1.165) is 18.7 Å². The quantitative estimate of drug-likeness (QED) is 0.780. The monoisotopic (exact) mass is 221 g/mol. The Hall–Kier alpha value is -1.29. The molecule has 2 atom stereocenters. The van der Waals surface area contributed by atoms with E-state index in [0.29, 0.717) is 12.5 Å². The molecule has 0 aliphatic carbocycles. The third-order valence-electron chi connectivity index (χ3n) is 3.21. The molecule has 0 radical (unpaired) electrons. The van der Waals surface area contributed by atoms with Crippen molar-refractivity contribution in [3.63, 3.8) is 0 Å². The normalized spacial score (nSPS) is 24.6. The van der Waals surface area contributed by atoms with Gasteiger partial charge in [-0.05, 0) is 24.1 Å². The van der Waals surface area contributed by atoms with Gasteiger partial charge in [0.15, 0.2) is 0 Å². The fraction of sp³-hybridized carbons (Fsp3) is 0.583. The molecule has 4 nitrogen and oxygen atoms in total. The molecule has 0 bridgehead atoms. The minimum Gasteiger partial charge on any atom is -0.357 e. The van der Waals surface area contributed by atoms with Crippen molar-refractivity contribution in [3.05, 3.63) is 24.0 Å². The summed E-state index contributed by atoms with van der Waals surface area (Å²) in [6.45, 7) is 4.50. The number of hydrogen-bond acceptors (Lipinski definition) is 2. The molecule has 0 unspecified atom stereocenters. The molecule has 1 aromatic rings. The van der Waals surface area contributed by atoms with Crippen molar-refractivity contribution < 1.29 is 4.79 Å². The van der Waals surface area contributed by atoms with Crippen LogP contribution in [0.5, 0.6) is 0 Å². The lowest BCUT2D eigenvalue weighted by atomic mass is 9.97. The number of nitrogens with one attached hydrogen (secondary N) is 2. The number of aryl methyl sites for hydroxylation is 1. The molecule has 4 heteroatoms. The van der Waals surface area contributed by atoms with Crippen LogP contribution in [0.25, 0.3) is 0 Å². The van der Waals surface area contributed by atoms with Crippen LogP contribution in [0.3, 0.4) is 0 Å². The Balaban J connectivity index is 1.83. The van der Waals surface area contributed by atoms with Crippen LogP contribution in [-0.4, -0.2) is 23.6 Å². The number of hydrogen-bond donors (Lipinski definition) is 2. The highest BCUT2D eigenvalue weighted by Crippen LogP contribution is 2.15. The van der Waals surface area contributed by atoms with E-state index in [1.165, 1.54) is 0 Å². The van der Waals surface area contributed by atoms with E-state index >= 15 is 0 Å². The van der Waals surface area contributed by atoms with Crippen molar-refractivity contribution in [2.45, 2.75) is 13.5 Å². The zero-order chi connectivity index (χ0) is 11.5. The number of rotatable bonds is 3. The lowest BCUT2D eigenvalue weighted by molar-refractivity contribution is -0.125. The lowest BCUT2D eigenvalue weighted by Gasteiger charge is -2.13. The molecule has 2 N–H and O–H groups in total. The lowest BCUT2D eigenvalue weighted by Crippen LogP contribution is -2.33. The van der Waals surface area contributed by atoms with E-state index in [1.54, 1.807) is 0 Å². The first-order valence-corrected chi connectivity index (χ1v) is 5.76. The van der Waals surface area contributed by atoms with Crippen LogP contribution < -0.4 is 10.6 Å². The highest BCUT2D eigenvalue weighted by atomic mass is 16.1. The highest BCUT2D eigenvalue weighted by molar-refractivity contribution is 5.79. The first-order chi connectivity index (χ1) is 7.66. The van der Waals surface area contributed by atoms with E-state index in [9.17, 15) is 4.79 Å². The molecule has 0 spiro atoms. The van der Waals surface area contributed by atoms with Crippen LogP contribution >= 0.6 is 0 Å². The third-order valence-corrected chi connectivity index (χ3v) is 3.21. The standard InChI is InChI=1S/C12H19N3O/c1-9-5-13-7-11(9)12(16)14-6-10-3-4-15(2)8-10/h3-4,8-9,11,13H,5-7H2,1-2H3,(H,14,16)/t9-,11-/m1/s1. The van der Waals surface area contributed by atoms with Gasteiger partial charge in [0.25, 0.3) is 0 Å². The molecule has 1 saturated heterocycles. The Morgan fingerprint density at radius 1 is 1.62 bits per heavy atom. The van der Waals surface area contributed by atoms with Crippen LogP contribution in [0, 0.1) is 11.8 Å². The molecular formula is C12H19N3O. The van der Waals surface area contributed by atoms with Crippen LogP contribution in [0.4, 0.5) is 0 Å². The number of nitrogens with zero attached hydrogens (tertiary/aromatic N) is 1. The molecule has 2 rings (SSSR count). The van der Waals surface area contributed by atoms with Gasteiger partial charge in [0.05, 0.1) is 5.92 Å². The molecule has 88 valence electrons. The van der Waals surface area contributed by atoms with Gasteiger partial charge in [-0.1, -0.05) is 6.92 Å². The Bertz CT molecular complexity index is 372. The van der Waals surface area contributed by atoms with E-state index in [-0.39, 0.29) is 11.8 Å². The summed E-state index contributed by atoms with van der Waals surface area (Å²) in [6.07, 6.45) is 4.01. The van der Waals surface area contributed by atoms with Gasteiger partial charge in [-0.3, -0.25) is 4.79 Å². The summed E-state index contributed by atoms with van der Waals surface area (Å²) in [5.74, 6) is 0.737. The number of amides is 1. The summed E-state index contributed by atoms with van der Waals surface area (Å²) in [5.41, 5.74) is 1.15. The summed E-state index contributed by atoms with van der Waals surface area (Å²) in [5, 5.41) is 6.23.